The van der Waals surface area contributed by atoms with Crippen LogP contribution < -0.4 is 10.9 Å². The van der Waals surface area contributed by atoms with E-state index in [-0.39, 0.29) is 18.0 Å². The lowest BCUT2D eigenvalue weighted by molar-refractivity contribution is -0.121. The number of hydrogen-bond acceptors (Lipinski definition) is 4. The van der Waals surface area contributed by atoms with Gasteiger partial charge in [-0.2, -0.15) is 5.10 Å². The first-order valence-electron chi connectivity index (χ1n) is 9.55. The lowest BCUT2D eigenvalue weighted by Crippen LogP contribution is -2.34. The molecule has 4 aromatic rings. The van der Waals surface area contributed by atoms with Gasteiger partial charge in [-0.25, -0.2) is 9.36 Å². The van der Waals surface area contributed by atoms with E-state index in [9.17, 15) is 9.59 Å². The van der Waals surface area contributed by atoms with Crippen molar-refractivity contribution in [1.29, 1.82) is 0 Å². The average Bonchev–Trinajstić information content (AvgIpc) is 3.25. The van der Waals surface area contributed by atoms with Crippen LogP contribution in [0.1, 0.15) is 17.0 Å². The third kappa shape index (κ3) is 4.13. The van der Waals surface area contributed by atoms with Gasteiger partial charge in [-0.3, -0.25) is 9.59 Å². The van der Waals surface area contributed by atoms with Crippen molar-refractivity contribution in [2.24, 2.45) is 0 Å². The summed E-state index contributed by atoms with van der Waals surface area (Å²) in [4.78, 5) is 27.7. The molecule has 0 spiro atoms. The molecule has 1 amide bonds. The first-order chi connectivity index (χ1) is 14.4. The summed E-state index contributed by atoms with van der Waals surface area (Å²) < 4.78 is 2.79. The SMILES string of the molecule is Cc1cc(C)n(-c2ccc(=O)n(CC(=O)NCCc3c[nH]c4ccc(Cl)cc34)n2)n1. The summed E-state index contributed by atoms with van der Waals surface area (Å²) in [5.74, 6) is 0.205. The van der Waals surface area contributed by atoms with Crippen LogP contribution in [0.4, 0.5) is 0 Å². The van der Waals surface area contributed by atoms with Gasteiger partial charge < -0.3 is 10.3 Å². The molecule has 3 aromatic heterocycles. The smallest absolute Gasteiger partial charge is 0.267 e. The number of rotatable bonds is 6. The minimum Gasteiger partial charge on any atom is -0.361 e. The second-order valence-electron chi connectivity index (χ2n) is 7.13. The van der Waals surface area contributed by atoms with Crippen LogP contribution in [-0.4, -0.2) is 37.0 Å². The Morgan fingerprint density at radius 2 is 2.00 bits per heavy atom. The topological polar surface area (TPSA) is 97.6 Å². The molecule has 2 N–H and O–H groups in total. The Hall–Kier alpha value is -3.39. The predicted octanol–water partition coefficient (Wildman–Crippen LogP) is 2.54. The number of amides is 1. The molecule has 154 valence electrons. The monoisotopic (exact) mass is 424 g/mol. The van der Waals surface area contributed by atoms with Gasteiger partial charge in [0.2, 0.25) is 5.91 Å². The molecule has 9 heteroatoms. The Morgan fingerprint density at radius 1 is 1.17 bits per heavy atom. The van der Waals surface area contributed by atoms with Crippen LogP contribution in [0.15, 0.2) is 47.4 Å². The lowest BCUT2D eigenvalue weighted by Gasteiger charge is -2.09. The maximum Gasteiger partial charge on any atom is 0.267 e. The molecular weight excluding hydrogens is 404 g/mol. The highest BCUT2D eigenvalue weighted by molar-refractivity contribution is 6.31. The van der Waals surface area contributed by atoms with E-state index in [1.807, 2.05) is 44.3 Å². The van der Waals surface area contributed by atoms with Crippen molar-refractivity contribution >= 4 is 28.4 Å². The van der Waals surface area contributed by atoms with E-state index in [0.29, 0.717) is 23.8 Å². The van der Waals surface area contributed by atoms with Crippen LogP contribution in [0, 0.1) is 13.8 Å². The van der Waals surface area contributed by atoms with E-state index in [1.54, 1.807) is 10.7 Å². The third-order valence-corrected chi connectivity index (χ3v) is 5.05. The van der Waals surface area contributed by atoms with E-state index in [1.165, 1.54) is 6.07 Å². The molecule has 0 fully saturated rings. The van der Waals surface area contributed by atoms with Gasteiger partial charge in [0.05, 0.1) is 5.69 Å². The largest absolute Gasteiger partial charge is 0.361 e. The number of carbonyl (C=O) groups excluding carboxylic acids is 1. The first-order valence-corrected chi connectivity index (χ1v) is 9.92. The number of benzene rings is 1. The number of aromatic nitrogens is 5. The fraction of sp³-hybridized carbons (Fsp3) is 0.238. The normalized spacial score (nSPS) is 11.2. The van der Waals surface area contributed by atoms with Gasteiger partial charge in [0.25, 0.3) is 5.56 Å². The molecule has 0 aliphatic heterocycles. The third-order valence-electron chi connectivity index (χ3n) is 4.82. The minimum absolute atomic E-state index is 0.161. The molecule has 0 bridgehead atoms. The molecule has 0 saturated carbocycles. The Kier molecular flexibility index (Phi) is 5.41. The van der Waals surface area contributed by atoms with Gasteiger partial charge in [0.1, 0.15) is 6.54 Å². The maximum absolute atomic E-state index is 12.4. The summed E-state index contributed by atoms with van der Waals surface area (Å²) >= 11 is 6.08. The van der Waals surface area contributed by atoms with Crippen molar-refractivity contribution in [3.8, 4) is 5.82 Å². The van der Waals surface area contributed by atoms with Crippen LogP contribution in [0.2, 0.25) is 5.02 Å². The molecule has 30 heavy (non-hydrogen) atoms. The molecule has 8 nitrogen and oxygen atoms in total. The maximum atomic E-state index is 12.4. The number of H-pyrrole nitrogens is 1. The van der Waals surface area contributed by atoms with Crippen LogP contribution in [0.5, 0.6) is 0 Å². The Labute approximate surface area is 177 Å². The van der Waals surface area contributed by atoms with E-state index >= 15 is 0 Å². The fourth-order valence-corrected chi connectivity index (χ4v) is 3.58. The van der Waals surface area contributed by atoms with Crippen LogP contribution in [-0.2, 0) is 17.8 Å². The molecular formula is C21H21ClN6O2. The van der Waals surface area contributed by atoms with E-state index in [2.05, 4.69) is 20.5 Å². The molecule has 1 aromatic carbocycles. The summed E-state index contributed by atoms with van der Waals surface area (Å²) in [5, 5.41) is 13.2. The van der Waals surface area contributed by atoms with Gasteiger partial charge in [-0.15, -0.1) is 5.10 Å². The standard InChI is InChI=1S/C21H21ClN6O2/c1-13-9-14(2)28(25-13)19-5-6-21(30)27(26-19)12-20(29)23-8-7-15-11-24-18-4-3-16(22)10-17(15)18/h3-6,9-11,24H,7-8,12H2,1-2H3,(H,23,29). The van der Waals surface area contributed by atoms with Gasteiger partial charge in [-0.05, 0) is 56.2 Å². The quantitative estimate of drug-likeness (QED) is 0.497. The zero-order valence-corrected chi connectivity index (χ0v) is 17.4. The second-order valence-corrected chi connectivity index (χ2v) is 7.57. The Balaban J connectivity index is 1.41. The van der Waals surface area contributed by atoms with Crippen molar-refractivity contribution in [1.82, 2.24) is 29.9 Å². The number of carbonyl (C=O) groups is 1. The molecule has 3 heterocycles. The lowest BCUT2D eigenvalue weighted by atomic mass is 10.1. The highest BCUT2D eigenvalue weighted by atomic mass is 35.5. The summed E-state index contributed by atoms with van der Waals surface area (Å²) in [6, 6.07) is 10.6. The highest BCUT2D eigenvalue weighted by Crippen LogP contribution is 2.22. The molecule has 0 aliphatic carbocycles. The van der Waals surface area contributed by atoms with Crippen molar-refractivity contribution in [3.63, 3.8) is 0 Å². The molecule has 0 atom stereocenters. The highest BCUT2D eigenvalue weighted by Gasteiger charge is 2.11. The van der Waals surface area contributed by atoms with Crippen LogP contribution in [0.25, 0.3) is 16.7 Å². The second kappa shape index (κ2) is 8.16. The number of fused-ring (bicyclic) bond motifs is 1. The number of nitrogens with one attached hydrogen (secondary N) is 2. The Morgan fingerprint density at radius 3 is 2.77 bits per heavy atom. The van der Waals surface area contributed by atoms with Crippen LogP contribution in [0.3, 0.4) is 0 Å². The number of aryl methyl sites for hydroxylation is 2. The summed E-state index contributed by atoms with van der Waals surface area (Å²) in [7, 11) is 0. The van der Waals surface area contributed by atoms with Crippen molar-refractivity contribution in [2.75, 3.05) is 6.54 Å². The number of hydrogen-bond donors (Lipinski definition) is 2. The molecule has 4 rings (SSSR count). The number of aromatic amines is 1. The van der Waals surface area contributed by atoms with E-state index < -0.39 is 0 Å². The predicted molar refractivity (Wildman–Crippen MR) is 115 cm³/mol. The zero-order chi connectivity index (χ0) is 21.3. The molecule has 0 unspecified atom stereocenters. The van der Waals surface area contributed by atoms with Crippen molar-refractivity contribution in [2.45, 2.75) is 26.8 Å². The van der Waals surface area contributed by atoms with E-state index in [0.717, 1.165) is 32.5 Å². The Bertz CT molecular complexity index is 1290. The van der Waals surface area contributed by atoms with E-state index in [4.69, 9.17) is 11.6 Å². The molecule has 0 saturated heterocycles. The minimum atomic E-state index is -0.346. The van der Waals surface area contributed by atoms with Crippen molar-refractivity contribution < 1.29 is 4.79 Å². The summed E-state index contributed by atoms with van der Waals surface area (Å²) in [6.07, 6.45) is 2.55. The van der Waals surface area contributed by atoms with Gasteiger partial charge in [0.15, 0.2) is 5.82 Å². The number of halogens is 1. The first kappa shape index (κ1) is 19.9. The van der Waals surface area contributed by atoms with Gasteiger partial charge in [0, 0.05) is 40.4 Å². The van der Waals surface area contributed by atoms with Gasteiger partial charge in [-0.1, -0.05) is 11.6 Å². The molecule has 0 radical (unpaired) electrons. The average molecular weight is 425 g/mol. The van der Waals surface area contributed by atoms with Gasteiger partial charge >= 0.3 is 0 Å². The molecule has 0 aliphatic rings. The zero-order valence-electron chi connectivity index (χ0n) is 16.6. The number of nitrogens with zero attached hydrogens (tertiary/aromatic N) is 4. The van der Waals surface area contributed by atoms with Crippen molar-refractivity contribution in [3.05, 3.63) is 74.9 Å². The fourth-order valence-electron chi connectivity index (χ4n) is 3.41. The summed E-state index contributed by atoms with van der Waals surface area (Å²) in [6.45, 7) is 4.06. The van der Waals surface area contributed by atoms with Crippen LogP contribution >= 0.6 is 11.6 Å². The summed E-state index contributed by atoms with van der Waals surface area (Å²) in [5.41, 5.74) is 3.46.